The van der Waals surface area contributed by atoms with Gasteiger partial charge >= 0.3 is 0 Å². The lowest BCUT2D eigenvalue weighted by atomic mass is 9.88. The second-order valence-corrected chi connectivity index (χ2v) is 14.8. The van der Waals surface area contributed by atoms with Gasteiger partial charge in [-0.05, 0) is 62.2 Å². The Morgan fingerprint density at radius 2 is 1.10 bits per heavy atom. The van der Waals surface area contributed by atoms with Crippen molar-refractivity contribution >= 4 is 21.6 Å². The van der Waals surface area contributed by atoms with Crippen LogP contribution in [0.3, 0.4) is 0 Å². The number of hydrogen-bond donors (Lipinski definition) is 2. The fraction of sp³-hybridized carbons (Fsp3) is 0.917. The molecular weight excluding hydrogens is 416 g/mol. The van der Waals surface area contributed by atoms with Gasteiger partial charge in [0.15, 0.2) is 0 Å². The third kappa shape index (κ3) is 7.83. The van der Waals surface area contributed by atoms with Crippen LogP contribution in [0.25, 0.3) is 0 Å². The number of aliphatic hydroxyl groups excluding tert-OH is 2. The Kier molecular flexibility index (Phi) is 10.2. The zero-order chi connectivity index (χ0) is 22.4. The molecule has 2 N–H and O–H groups in total. The molecular formula is C24H44O4S2. The summed E-state index contributed by atoms with van der Waals surface area (Å²) in [6, 6.07) is 0. The van der Waals surface area contributed by atoms with Crippen LogP contribution in [0.4, 0.5) is 0 Å². The maximum Gasteiger partial charge on any atom is 0.0531 e. The van der Waals surface area contributed by atoms with Crippen molar-refractivity contribution in [2.45, 2.75) is 113 Å². The first-order valence-electron chi connectivity index (χ1n) is 11.8. The lowest BCUT2D eigenvalue weighted by molar-refractivity contribution is 0.147. The van der Waals surface area contributed by atoms with Crippen molar-refractivity contribution in [2.75, 3.05) is 13.2 Å². The minimum Gasteiger partial charge on any atom is -0.396 e. The Morgan fingerprint density at radius 1 is 0.733 bits per heavy atom. The minimum atomic E-state index is -0.837. The average Bonchev–Trinajstić information content (AvgIpc) is 3.23. The highest BCUT2D eigenvalue weighted by atomic mass is 32.2. The summed E-state index contributed by atoms with van der Waals surface area (Å²) in [6.07, 6.45) is 14.1. The van der Waals surface area contributed by atoms with Gasteiger partial charge in [0, 0.05) is 45.3 Å². The minimum absolute atomic E-state index is 0.0453. The average molecular weight is 461 g/mol. The molecule has 0 radical (unpaired) electrons. The smallest absolute Gasteiger partial charge is 0.0531 e. The number of aliphatic hydroxyl groups is 2. The van der Waals surface area contributed by atoms with Crippen LogP contribution in [0.1, 0.15) is 91.9 Å². The SMILES string of the molecule is CC(C)(CO)CCCC1CCC(/C=C/C2CCC(CCCC(C)(C)CO)S2=O)S1=O. The van der Waals surface area contributed by atoms with Crippen molar-refractivity contribution in [2.24, 2.45) is 10.8 Å². The lowest BCUT2D eigenvalue weighted by Crippen LogP contribution is -2.19. The molecule has 0 bridgehead atoms. The van der Waals surface area contributed by atoms with Gasteiger partial charge in [0.1, 0.15) is 0 Å². The predicted molar refractivity (Wildman–Crippen MR) is 128 cm³/mol. The molecule has 0 aromatic rings. The molecule has 6 heteroatoms. The second kappa shape index (κ2) is 11.7. The van der Waals surface area contributed by atoms with Crippen molar-refractivity contribution in [3.63, 3.8) is 0 Å². The zero-order valence-electron chi connectivity index (χ0n) is 19.5. The van der Waals surface area contributed by atoms with E-state index in [0.717, 1.165) is 64.2 Å². The van der Waals surface area contributed by atoms with Crippen molar-refractivity contribution in [1.29, 1.82) is 0 Å². The Labute approximate surface area is 189 Å². The molecule has 0 aromatic carbocycles. The summed E-state index contributed by atoms with van der Waals surface area (Å²) >= 11 is 0. The molecule has 6 atom stereocenters. The molecule has 2 aliphatic heterocycles. The number of rotatable bonds is 12. The van der Waals surface area contributed by atoms with E-state index < -0.39 is 21.6 Å². The van der Waals surface area contributed by atoms with Gasteiger partial charge in [0.2, 0.25) is 0 Å². The van der Waals surface area contributed by atoms with Gasteiger partial charge in [0.05, 0.1) is 10.5 Å². The van der Waals surface area contributed by atoms with E-state index in [4.69, 9.17) is 0 Å². The van der Waals surface area contributed by atoms with Crippen molar-refractivity contribution in [3.8, 4) is 0 Å². The largest absolute Gasteiger partial charge is 0.396 e. The fourth-order valence-electron chi connectivity index (χ4n) is 4.55. The monoisotopic (exact) mass is 460 g/mol. The molecule has 0 aromatic heterocycles. The molecule has 0 aliphatic carbocycles. The predicted octanol–water partition coefficient (Wildman–Crippen LogP) is 4.48. The first-order chi connectivity index (χ1) is 14.1. The Balaban J connectivity index is 1.75. The molecule has 2 heterocycles. The summed E-state index contributed by atoms with van der Waals surface area (Å²) in [6.45, 7) is 8.70. The van der Waals surface area contributed by atoms with Crippen LogP contribution in [0, 0.1) is 10.8 Å². The van der Waals surface area contributed by atoms with E-state index in [9.17, 15) is 18.6 Å². The van der Waals surface area contributed by atoms with Crippen molar-refractivity contribution in [1.82, 2.24) is 0 Å². The number of hydrogen-bond acceptors (Lipinski definition) is 4. The molecule has 2 aliphatic rings. The summed E-state index contributed by atoms with van der Waals surface area (Å²) in [4.78, 5) is 0. The van der Waals surface area contributed by atoms with Gasteiger partial charge in [-0.2, -0.15) is 0 Å². The summed E-state index contributed by atoms with van der Waals surface area (Å²) in [5.74, 6) is 0. The Bertz CT molecular complexity index is 562. The molecule has 176 valence electrons. The topological polar surface area (TPSA) is 74.6 Å². The highest BCUT2D eigenvalue weighted by Crippen LogP contribution is 2.33. The van der Waals surface area contributed by atoms with Crippen LogP contribution in [0.2, 0.25) is 0 Å². The van der Waals surface area contributed by atoms with Gasteiger partial charge in [0.25, 0.3) is 0 Å². The highest BCUT2D eigenvalue weighted by molar-refractivity contribution is 7.87. The van der Waals surface area contributed by atoms with E-state index in [1.54, 1.807) is 0 Å². The molecule has 2 rings (SSSR count). The molecule has 0 saturated carbocycles. The molecule has 2 fully saturated rings. The van der Waals surface area contributed by atoms with Gasteiger partial charge < -0.3 is 10.2 Å². The van der Waals surface area contributed by atoms with E-state index >= 15 is 0 Å². The quantitative estimate of drug-likeness (QED) is 0.421. The van der Waals surface area contributed by atoms with E-state index in [0.29, 0.717) is 0 Å². The summed E-state index contributed by atoms with van der Waals surface area (Å²) in [5, 5.41) is 19.5. The van der Waals surface area contributed by atoms with Gasteiger partial charge in [-0.15, -0.1) is 0 Å². The highest BCUT2D eigenvalue weighted by Gasteiger charge is 2.34. The molecule has 4 nitrogen and oxygen atoms in total. The van der Waals surface area contributed by atoms with Crippen LogP contribution in [-0.2, 0) is 21.6 Å². The molecule has 0 spiro atoms. The lowest BCUT2D eigenvalue weighted by Gasteiger charge is -2.22. The third-order valence-electron chi connectivity index (χ3n) is 6.96. The zero-order valence-corrected chi connectivity index (χ0v) is 21.1. The Hall–Kier alpha value is -0.0400. The first kappa shape index (κ1) is 26.2. The second-order valence-electron chi connectivity index (χ2n) is 10.9. The van der Waals surface area contributed by atoms with Crippen molar-refractivity contribution < 1.29 is 18.6 Å². The van der Waals surface area contributed by atoms with Crippen LogP contribution < -0.4 is 0 Å². The molecule has 0 amide bonds. The molecule has 30 heavy (non-hydrogen) atoms. The van der Waals surface area contributed by atoms with E-state index in [1.807, 2.05) is 0 Å². The summed E-state index contributed by atoms with van der Waals surface area (Å²) in [7, 11) is -1.67. The standard InChI is InChI=1S/C24H44O4S2/c1-23(2,17-25)15-5-7-19-9-11-21(29(19)27)13-14-22-12-10-20(30(22)28)8-6-16-24(3,4)18-26/h13-14,19-22,25-26H,5-12,15-18H2,1-4H3/b14-13+. The van der Waals surface area contributed by atoms with Crippen molar-refractivity contribution in [3.05, 3.63) is 12.2 Å². The molecule has 2 saturated heterocycles. The van der Waals surface area contributed by atoms with E-state index in [1.165, 1.54) is 0 Å². The van der Waals surface area contributed by atoms with Gasteiger partial charge in [-0.3, -0.25) is 8.42 Å². The van der Waals surface area contributed by atoms with Gasteiger partial charge in [-0.25, -0.2) is 0 Å². The van der Waals surface area contributed by atoms with Crippen LogP contribution in [-0.4, -0.2) is 52.8 Å². The van der Waals surface area contributed by atoms with Crippen LogP contribution >= 0.6 is 0 Å². The maximum absolute atomic E-state index is 12.9. The summed E-state index contributed by atoms with van der Waals surface area (Å²) < 4.78 is 25.7. The van der Waals surface area contributed by atoms with E-state index in [2.05, 4.69) is 39.8 Å². The first-order valence-corrected chi connectivity index (χ1v) is 14.3. The normalized spacial score (nSPS) is 33.0. The van der Waals surface area contributed by atoms with Gasteiger partial charge in [-0.1, -0.05) is 52.7 Å². The van der Waals surface area contributed by atoms with Crippen LogP contribution in [0.5, 0.6) is 0 Å². The fourth-order valence-corrected chi connectivity index (χ4v) is 8.30. The third-order valence-corrected chi connectivity index (χ3v) is 11.2. The molecule has 6 unspecified atom stereocenters. The van der Waals surface area contributed by atoms with E-state index in [-0.39, 0.29) is 45.0 Å². The van der Waals surface area contributed by atoms with Crippen LogP contribution in [0.15, 0.2) is 12.2 Å². The maximum atomic E-state index is 12.9. The Morgan fingerprint density at radius 3 is 1.43 bits per heavy atom. The summed E-state index contributed by atoms with van der Waals surface area (Å²) in [5.41, 5.74) is -0.0906.